The number of carbonyl (C=O) groups is 2. The minimum absolute atomic E-state index is 0.00364. The highest BCUT2D eigenvalue weighted by atomic mass is 32.1. The van der Waals surface area contributed by atoms with Gasteiger partial charge in [-0.25, -0.2) is 14.8 Å². The van der Waals surface area contributed by atoms with Gasteiger partial charge >= 0.3 is 5.97 Å². The highest BCUT2D eigenvalue weighted by Gasteiger charge is 2.27. The summed E-state index contributed by atoms with van der Waals surface area (Å²) >= 11 is 2.73. The van der Waals surface area contributed by atoms with E-state index in [2.05, 4.69) is 15.3 Å². The number of carbonyl (C=O) groups excluding carboxylic acids is 1. The zero-order valence-corrected chi connectivity index (χ0v) is 12.0. The number of hydrogen-bond acceptors (Lipinski definition) is 6. The van der Waals surface area contributed by atoms with Crippen LogP contribution in [0.5, 0.6) is 0 Å². The molecule has 2 aromatic rings. The molecule has 2 heterocycles. The Hall–Kier alpha value is -1.80. The first-order chi connectivity index (χ1) is 9.63. The standard InChI is InChI=1S/C12H11N3O3S2/c16-10(7-4-20-11(15-7)6-1-2-6)13-3-9-14-8(5-19-9)12(17)18/h4-6H,1-3H2,(H,13,16)(H,17,18). The Morgan fingerprint density at radius 1 is 1.25 bits per heavy atom. The highest BCUT2D eigenvalue weighted by molar-refractivity contribution is 7.10. The van der Waals surface area contributed by atoms with Crippen LogP contribution in [0, 0.1) is 0 Å². The lowest BCUT2D eigenvalue weighted by Crippen LogP contribution is -2.23. The summed E-state index contributed by atoms with van der Waals surface area (Å²) in [5.41, 5.74) is 0.427. The van der Waals surface area contributed by atoms with Gasteiger partial charge in [-0.15, -0.1) is 22.7 Å². The molecule has 2 aromatic heterocycles. The fraction of sp³-hybridized carbons (Fsp3) is 0.333. The maximum Gasteiger partial charge on any atom is 0.355 e. The Bertz CT molecular complexity index is 660. The zero-order valence-electron chi connectivity index (χ0n) is 10.3. The lowest BCUT2D eigenvalue weighted by Gasteiger charge is -1.99. The number of hydrogen-bond donors (Lipinski definition) is 2. The summed E-state index contributed by atoms with van der Waals surface area (Å²) < 4.78 is 0. The molecule has 2 N–H and O–H groups in total. The number of rotatable bonds is 5. The molecule has 0 saturated heterocycles. The monoisotopic (exact) mass is 309 g/mol. The third-order valence-corrected chi connectivity index (χ3v) is 4.71. The van der Waals surface area contributed by atoms with Crippen LogP contribution in [-0.2, 0) is 6.54 Å². The second kappa shape index (κ2) is 5.29. The van der Waals surface area contributed by atoms with Crippen LogP contribution >= 0.6 is 22.7 Å². The van der Waals surface area contributed by atoms with E-state index in [1.165, 1.54) is 28.1 Å². The molecule has 3 rings (SSSR count). The fourth-order valence-corrected chi connectivity index (χ4v) is 3.33. The zero-order chi connectivity index (χ0) is 14.1. The van der Waals surface area contributed by atoms with Crippen LogP contribution in [-0.4, -0.2) is 27.0 Å². The first-order valence-electron chi connectivity index (χ1n) is 6.05. The predicted octanol–water partition coefficient (Wildman–Crippen LogP) is 2.11. The van der Waals surface area contributed by atoms with Crippen molar-refractivity contribution in [2.24, 2.45) is 0 Å². The Morgan fingerprint density at radius 3 is 2.65 bits per heavy atom. The van der Waals surface area contributed by atoms with E-state index in [1.807, 2.05) is 0 Å². The van der Waals surface area contributed by atoms with Crippen molar-refractivity contribution in [2.45, 2.75) is 25.3 Å². The van der Waals surface area contributed by atoms with Gasteiger partial charge in [0.15, 0.2) is 5.69 Å². The average Bonchev–Trinajstić information content (AvgIpc) is 2.98. The second-order valence-electron chi connectivity index (χ2n) is 4.46. The number of aromatic carboxylic acids is 1. The molecule has 0 unspecified atom stereocenters. The van der Waals surface area contributed by atoms with E-state index in [0.717, 1.165) is 17.8 Å². The number of thiazole rings is 2. The summed E-state index contributed by atoms with van der Waals surface area (Å²) in [6.45, 7) is 0.215. The summed E-state index contributed by atoms with van der Waals surface area (Å²) in [4.78, 5) is 30.8. The van der Waals surface area contributed by atoms with E-state index < -0.39 is 5.97 Å². The number of aromatic nitrogens is 2. The van der Waals surface area contributed by atoms with Crippen LogP contribution in [0.4, 0.5) is 0 Å². The Balaban J connectivity index is 1.58. The van der Waals surface area contributed by atoms with Crippen LogP contribution in [0.3, 0.4) is 0 Å². The van der Waals surface area contributed by atoms with Gasteiger partial charge in [0.25, 0.3) is 5.91 Å². The van der Waals surface area contributed by atoms with Gasteiger partial charge in [-0.1, -0.05) is 0 Å². The van der Waals surface area contributed by atoms with Gasteiger partial charge in [0, 0.05) is 16.7 Å². The quantitative estimate of drug-likeness (QED) is 0.882. The molecule has 0 bridgehead atoms. The SMILES string of the molecule is O=C(O)c1csc(CNC(=O)c2csc(C3CC3)n2)n1. The molecule has 8 heteroatoms. The largest absolute Gasteiger partial charge is 0.476 e. The van der Waals surface area contributed by atoms with Gasteiger partial charge in [-0.3, -0.25) is 4.79 Å². The smallest absolute Gasteiger partial charge is 0.355 e. The number of carboxylic acids is 1. The van der Waals surface area contributed by atoms with Crippen molar-refractivity contribution < 1.29 is 14.7 Å². The molecule has 0 aromatic carbocycles. The number of nitrogens with zero attached hydrogens (tertiary/aromatic N) is 2. The topological polar surface area (TPSA) is 92.2 Å². The Morgan fingerprint density at radius 2 is 2.00 bits per heavy atom. The van der Waals surface area contributed by atoms with E-state index in [0.29, 0.717) is 16.6 Å². The summed E-state index contributed by atoms with van der Waals surface area (Å²) in [5.74, 6) is -0.772. The first-order valence-corrected chi connectivity index (χ1v) is 7.80. The molecule has 1 aliphatic rings. The van der Waals surface area contributed by atoms with Gasteiger partial charge in [0.05, 0.1) is 11.6 Å². The molecule has 0 radical (unpaired) electrons. The van der Waals surface area contributed by atoms with Crippen LogP contribution in [0.1, 0.15) is 49.8 Å². The number of nitrogens with one attached hydrogen (secondary N) is 1. The molecule has 1 amide bonds. The normalized spacial score (nSPS) is 14.2. The van der Waals surface area contributed by atoms with Crippen molar-refractivity contribution in [2.75, 3.05) is 0 Å². The van der Waals surface area contributed by atoms with Gasteiger partial charge in [0.2, 0.25) is 0 Å². The van der Waals surface area contributed by atoms with Crippen LogP contribution in [0.15, 0.2) is 10.8 Å². The second-order valence-corrected chi connectivity index (χ2v) is 6.29. The van der Waals surface area contributed by atoms with Crippen molar-refractivity contribution in [3.05, 3.63) is 32.2 Å². The molecule has 1 aliphatic carbocycles. The van der Waals surface area contributed by atoms with Crippen molar-refractivity contribution >= 4 is 34.6 Å². The highest BCUT2D eigenvalue weighted by Crippen LogP contribution is 2.41. The van der Waals surface area contributed by atoms with Gasteiger partial charge in [-0.2, -0.15) is 0 Å². The van der Waals surface area contributed by atoms with Gasteiger partial charge in [0.1, 0.15) is 10.7 Å². The minimum Gasteiger partial charge on any atom is -0.476 e. The average molecular weight is 309 g/mol. The predicted molar refractivity (Wildman–Crippen MR) is 74.3 cm³/mol. The third kappa shape index (κ3) is 2.86. The van der Waals surface area contributed by atoms with E-state index in [-0.39, 0.29) is 18.1 Å². The van der Waals surface area contributed by atoms with E-state index >= 15 is 0 Å². The molecule has 0 atom stereocenters. The van der Waals surface area contributed by atoms with Gasteiger partial charge < -0.3 is 10.4 Å². The molecule has 0 aliphatic heterocycles. The Kier molecular flexibility index (Phi) is 3.49. The lowest BCUT2D eigenvalue weighted by atomic mass is 10.4. The molecular weight excluding hydrogens is 298 g/mol. The third-order valence-electron chi connectivity index (χ3n) is 2.85. The summed E-state index contributed by atoms with van der Waals surface area (Å²) in [6, 6.07) is 0. The molecule has 20 heavy (non-hydrogen) atoms. The summed E-state index contributed by atoms with van der Waals surface area (Å²) in [5, 5.41) is 16.3. The molecule has 1 saturated carbocycles. The lowest BCUT2D eigenvalue weighted by molar-refractivity contribution is 0.0691. The molecule has 1 fully saturated rings. The van der Waals surface area contributed by atoms with Crippen molar-refractivity contribution in [3.8, 4) is 0 Å². The maximum absolute atomic E-state index is 11.9. The van der Waals surface area contributed by atoms with E-state index in [1.54, 1.807) is 5.38 Å². The fourth-order valence-electron chi connectivity index (χ4n) is 1.65. The van der Waals surface area contributed by atoms with Crippen LogP contribution in [0.25, 0.3) is 0 Å². The van der Waals surface area contributed by atoms with Crippen LogP contribution < -0.4 is 5.32 Å². The summed E-state index contributed by atoms with van der Waals surface area (Å²) in [7, 11) is 0. The molecule has 104 valence electrons. The maximum atomic E-state index is 11.9. The minimum atomic E-state index is -1.06. The van der Waals surface area contributed by atoms with Crippen molar-refractivity contribution in [1.29, 1.82) is 0 Å². The van der Waals surface area contributed by atoms with Gasteiger partial charge in [-0.05, 0) is 12.8 Å². The van der Waals surface area contributed by atoms with Crippen LogP contribution in [0.2, 0.25) is 0 Å². The molecular formula is C12H11N3O3S2. The Labute approximate surface area is 122 Å². The number of carboxylic acid groups (broad SMARTS) is 1. The first kappa shape index (κ1) is 13.2. The van der Waals surface area contributed by atoms with E-state index in [9.17, 15) is 9.59 Å². The van der Waals surface area contributed by atoms with E-state index in [4.69, 9.17) is 5.11 Å². The van der Waals surface area contributed by atoms with Crippen molar-refractivity contribution in [1.82, 2.24) is 15.3 Å². The summed E-state index contributed by atoms with van der Waals surface area (Å²) in [6.07, 6.45) is 2.32. The molecule has 0 spiro atoms. The molecule has 6 nitrogen and oxygen atoms in total. The van der Waals surface area contributed by atoms with Crippen molar-refractivity contribution in [3.63, 3.8) is 0 Å². The number of amides is 1.